The van der Waals surface area contributed by atoms with Crippen LogP contribution in [-0.4, -0.2) is 37.1 Å². The summed E-state index contributed by atoms with van der Waals surface area (Å²) < 4.78 is 16.2. The van der Waals surface area contributed by atoms with Gasteiger partial charge in [-0.3, -0.25) is 14.9 Å². The lowest BCUT2D eigenvalue weighted by Crippen LogP contribution is -2.34. The predicted molar refractivity (Wildman–Crippen MR) is 119 cm³/mol. The molecule has 2 heterocycles. The molecule has 2 amide bonds. The molecule has 1 aliphatic heterocycles. The Morgan fingerprint density at radius 2 is 1.90 bits per heavy atom. The van der Waals surface area contributed by atoms with Crippen molar-refractivity contribution in [3.05, 3.63) is 46.8 Å². The van der Waals surface area contributed by atoms with Crippen LogP contribution in [0.25, 0.3) is 11.3 Å². The molecule has 31 heavy (non-hydrogen) atoms. The Morgan fingerprint density at radius 1 is 1.19 bits per heavy atom. The maximum absolute atomic E-state index is 12.9. The number of aryl methyl sites for hydroxylation is 1. The summed E-state index contributed by atoms with van der Waals surface area (Å²) in [5.41, 5.74) is 2.41. The molecule has 0 bridgehead atoms. The smallest absolute Gasteiger partial charge is 0.265 e. The zero-order valence-corrected chi connectivity index (χ0v) is 18.3. The molecule has 2 aromatic carbocycles. The second-order valence-electron chi connectivity index (χ2n) is 6.88. The number of carbonyl (C=O) groups is 2. The van der Waals surface area contributed by atoms with Gasteiger partial charge in [-0.05, 0) is 44.2 Å². The van der Waals surface area contributed by atoms with Crippen LogP contribution in [0.1, 0.15) is 22.2 Å². The fraction of sp³-hybridized carbons (Fsp3) is 0.227. The minimum Gasteiger partial charge on any atom is -0.496 e. The number of rotatable bonds is 5. The highest BCUT2D eigenvalue weighted by Crippen LogP contribution is 2.37. The molecule has 0 fully saturated rings. The summed E-state index contributed by atoms with van der Waals surface area (Å²) in [5.74, 6) is 0.851. The molecular formula is C22H21N3O5S. The number of benzene rings is 2. The number of aromatic nitrogens is 1. The highest BCUT2D eigenvalue weighted by molar-refractivity contribution is 7.16. The van der Waals surface area contributed by atoms with E-state index in [9.17, 15) is 9.59 Å². The lowest BCUT2D eigenvalue weighted by Gasteiger charge is -2.23. The van der Waals surface area contributed by atoms with Crippen LogP contribution in [0.15, 0.2) is 36.4 Å². The van der Waals surface area contributed by atoms with Gasteiger partial charge >= 0.3 is 0 Å². The molecule has 4 rings (SSSR count). The van der Waals surface area contributed by atoms with Crippen molar-refractivity contribution in [2.24, 2.45) is 0 Å². The Morgan fingerprint density at radius 3 is 2.58 bits per heavy atom. The number of methoxy groups -OCH3 is 2. The molecule has 0 saturated carbocycles. The molecule has 1 aromatic heterocycles. The van der Waals surface area contributed by atoms with Crippen molar-refractivity contribution in [1.82, 2.24) is 4.98 Å². The van der Waals surface area contributed by atoms with E-state index in [1.807, 2.05) is 19.1 Å². The van der Waals surface area contributed by atoms with Gasteiger partial charge in [0.1, 0.15) is 22.8 Å². The number of hydrogen-bond acceptors (Lipinski definition) is 7. The topological polar surface area (TPSA) is 98.8 Å². The third-order valence-corrected chi connectivity index (χ3v) is 5.74. The van der Waals surface area contributed by atoms with Gasteiger partial charge < -0.3 is 19.5 Å². The van der Waals surface area contributed by atoms with Gasteiger partial charge in [0.05, 0.1) is 25.6 Å². The summed E-state index contributed by atoms with van der Waals surface area (Å²) >= 11 is 1.35. The second-order valence-corrected chi connectivity index (χ2v) is 8.08. The van der Waals surface area contributed by atoms with Crippen molar-refractivity contribution in [1.29, 1.82) is 0 Å². The first-order valence-electron chi connectivity index (χ1n) is 9.53. The fourth-order valence-corrected chi connectivity index (χ4v) is 4.14. The van der Waals surface area contributed by atoms with Crippen LogP contribution in [0.3, 0.4) is 0 Å². The van der Waals surface area contributed by atoms with Crippen molar-refractivity contribution in [3.8, 4) is 28.5 Å². The quantitative estimate of drug-likeness (QED) is 0.621. The molecule has 0 saturated heterocycles. The average Bonchev–Trinajstić information content (AvgIpc) is 3.13. The number of nitrogens with one attached hydrogen (secondary N) is 2. The Kier molecular flexibility index (Phi) is 5.51. The van der Waals surface area contributed by atoms with E-state index in [-0.39, 0.29) is 11.8 Å². The molecule has 0 radical (unpaired) electrons. The van der Waals surface area contributed by atoms with Gasteiger partial charge in [-0.15, -0.1) is 11.3 Å². The summed E-state index contributed by atoms with van der Waals surface area (Å²) in [6.07, 6.45) is -0.534. The van der Waals surface area contributed by atoms with Gasteiger partial charge in [0.15, 0.2) is 11.2 Å². The Labute approximate surface area is 183 Å². The van der Waals surface area contributed by atoms with Crippen molar-refractivity contribution in [3.63, 3.8) is 0 Å². The number of anilines is 2. The van der Waals surface area contributed by atoms with Crippen LogP contribution in [-0.2, 0) is 4.79 Å². The number of thiazole rings is 1. The fourth-order valence-electron chi connectivity index (χ4n) is 3.31. The summed E-state index contributed by atoms with van der Waals surface area (Å²) in [6.45, 7) is 3.62. The van der Waals surface area contributed by atoms with Crippen LogP contribution in [0.4, 0.5) is 10.8 Å². The van der Waals surface area contributed by atoms with Gasteiger partial charge in [0.25, 0.3) is 11.8 Å². The monoisotopic (exact) mass is 439 g/mol. The first kappa shape index (κ1) is 20.7. The zero-order chi connectivity index (χ0) is 22.1. The molecule has 160 valence electrons. The number of fused-ring (bicyclic) bond motifs is 1. The number of ether oxygens (including phenoxy) is 3. The third-order valence-electron chi connectivity index (χ3n) is 4.86. The van der Waals surface area contributed by atoms with E-state index in [1.54, 1.807) is 31.2 Å². The van der Waals surface area contributed by atoms with Gasteiger partial charge in [-0.25, -0.2) is 4.98 Å². The molecule has 9 heteroatoms. The zero-order valence-electron chi connectivity index (χ0n) is 17.4. The normalized spacial score (nSPS) is 14.8. The summed E-state index contributed by atoms with van der Waals surface area (Å²) in [5, 5.41) is 6.11. The van der Waals surface area contributed by atoms with E-state index in [2.05, 4.69) is 15.6 Å². The molecule has 1 atom stereocenters. The molecule has 2 N–H and O–H groups in total. The highest BCUT2D eigenvalue weighted by Gasteiger charge is 2.25. The van der Waals surface area contributed by atoms with E-state index in [0.717, 1.165) is 10.4 Å². The second kappa shape index (κ2) is 8.27. The number of carbonyl (C=O) groups excluding carboxylic acids is 2. The lowest BCUT2D eigenvalue weighted by atomic mass is 10.1. The molecule has 1 aliphatic rings. The number of hydrogen-bond donors (Lipinski definition) is 2. The molecule has 8 nitrogen and oxygen atoms in total. The van der Waals surface area contributed by atoms with Crippen LogP contribution in [0, 0.1) is 6.92 Å². The van der Waals surface area contributed by atoms with Gasteiger partial charge in [0, 0.05) is 10.4 Å². The van der Waals surface area contributed by atoms with Crippen LogP contribution in [0.2, 0.25) is 0 Å². The van der Waals surface area contributed by atoms with E-state index in [1.165, 1.54) is 25.6 Å². The van der Waals surface area contributed by atoms with Gasteiger partial charge in [0.2, 0.25) is 0 Å². The van der Waals surface area contributed by atoms with Crippen molar-refractivity contribution >= 4 is 34.0 Å². The number of amides is 2. The standard InChI is InChI=1S/C22H21N3O5S/c1-11-20(26)23-14-10-13(8-9-15(14)30-11)19-12(2)31-22(24-19)25-21(27)18-16(28-3)6-5-7-17(18)29-4/h5-11H,1-4H3,(H,23,26)(H,24,25,27). The van der Waals surface area contributed by atoms with Gasteiger partial charge in [-0.2, -0.15) is 0 Å². The van der Waals surface area contributed by atoms with Crippen molar-refractivity contribution < 1.29 is 23.8 Å². The average molecular weight is 439 g/mol. The van der Waals surface area contributed by atoms with Crippen molar-refractivity contribution in [2.75, 3.05) is 24.9 Å². The first-order valence-corrected chi connectivity index (χ1v) is 10.3. The largest absolute Gasteiger partial charge is 0.496 e. The third kappa shape index (κ3) is 3.91. The molecule has 1 unspecified atom stereocenters. The molecule has 3 aromatic rings. The Balaban J connectivity index is 1.62. The van der Waals surface area contributed by atoms with E-state index in [4.69, 9.17) is 14.2 Å². The van der Waals surface area contributed by atoms with Crippen molar-refractivity contribution in [2.45, 2.75) is 20.0 Å². The minimum absolute atomic E-state index is 0.196. The van der Waals surface area contributed by atoms with Crippen LogP contribution >= 0.6 is 11.3 Å². The maximum Gasteiger partial charge on any atom is 0.265 e. The summed E-state index contributed by atoms with van der Waals surface area (Å²) in [6, 6.07) is 10.6. The Bertz CT molecular complexity index is 1150. The minimum atomic E-state index is -0.534. The van der Waals surface area contributed by atoms with E-state index < -0.39 is 6.10 Å². The highest BCUT2D eigenvalue weighted by atomic mass is 32.1. The Hall–Kier alpha value is -3.59. The predicted octanol–water partition coefficient (Wildman–Crippen LogP) is 4.11. The maximum atomic E-state index is 12.9. The van der Waals surface area contributed by atoms with E-state index >= 15 is 0 Å². The van der Waals surface area contributed by atoms with Crippen LogP contribution < -0.4 is 24.8 Å². The van der Waals surface area contributed by atoms with Gasteiger partial charge in [-0.1, -0.05) is 6.07 Å². The SMILES string of the molecule is COc1cccc(OC)c1C(=O)Nc1nc(-c2ccc3c(c2)NC(=O)C(C)O3)c(C)s1. The number of nitrogens with zero attached hydrogens (tertiary/aromatic N) is 1. The molecule has 0 aliphatic carbocycles. The van der Waals surface area contributed by atoms with E-state index in [0.29, 0.717) is 39.3 Å². The lowest BCUT2D eigenvalue weighted by molar-refractivity contribution is -0.122. The van der Waals surface area contributed by atoms with Crippen LogP contribution in [0.5, 0.6) is 17.2 Å². The first-order chi connectivity index (χ1) is 14.9. The molecule has 0 spiro atoms. The molecular weight excluding hydrogens is 418 g/mol. The summed E-state index contributed by atoms with van der Waals surface area (Å²) in [4.78, 5) is 30.3. The summed E-state index contributed by atoms with van der Waals surface area (Å²) in [7, 11) is 2.99.